The number of thiocarbonyl (C=S) groups is 2. The first-order valence-corrected chi connectivity index (χ1v) is 12.3. The number of isothiocyanates is 2. The van der Waals surface area contributed by atoms with Crippen molar-refractivity contribution >= 4 is 58.3 Å². The average molecular weight is 701 g/mol. The van der Waals surface area contributed by atoms with Crippen molar-refractivity contribution in [2.75, 3.05) is 0 Å². The van der Waals surface area contributed by atoms with Crippen molar-refractivity contribution in [2.24, 2.45) is 0 Å². The number of aromatic nitrogens is 3. The minimum atomic E-state index is -1.01. The molecule has 1 aromatic carbocycles. The molecular weight excluding hydrogens is 680 g/mol. The number of pyridine rings is 3. The Morgan fingerprint density at radius 1 is 0.767 bits per heavy atom. The second kappa shape index (κ2) is 20.1. The topological polar surface area (TPSA) is 183 Å². The van der Waals surface area contributed by atoms with Crippen LogP contribution < -0.4 is 4.57 Å². The summed E-state index contributed by atoms with van der Waals surface area (Å²) in [5.74, 6) is -1.52. The summed E-state index contributed by atoms with van der Waals surface area (Å²) >= 11 is 7.40. The number of carbonyl (C=O) groups is 4. The van der Waals surface area contributed by atoms with Crippen molar-refractivity contribution in [3.63, 3.8) is 0 Å². The van der Waals surface area contributed by atoms with Crippen molar-refractivity contribution in [1.82, 2.24) is 9.97 Å². The van der Waals surface area contributed by atoms with Gasteiger partial charge in [-0.1, -0.05) is 30.5 Å². The molecule has 0 saturated heterocycles. The molecule has 3 heterocycles. The first-order chi connectivity index (χ1) is 20.0. The van der Waals surface area contributed by atoms with Crippen LogP contribution in [0.1, 0.15) is 55.3 Å². The van der Waals surface area contributed by atoms with Gasteiger partial charge in [-0.15, -0.1) is 29.8 Å². The predicted molar refractivity (Wildman–Crippen MR) is 160 cm³/mol. The van der Waals surface area contributed by atoms with Gasteiger partial charge in [0.1, 0.15) is 6.20 Å². The maximum atomic E-state index is 11.3. The van der Waals surface area contributed by atoms with Gasteiger partial charge in [0.05, 0.1) is 18.0 Å². The molecule has 1 radical (unpaired) electrons. The summed E-state index contributed by atoms with van der Waals surface area (Å²) < 4.78 is 1.65. The number of ketones is 2. The van der Waals surface area contributed by atoms with E-state index in [0.29, 0.717) is 28.2 Å². The monoisotopic (exact) mass is 701 g/mol. The number of hydrogen-bond acceptors (Lipinski definition) is 8. The summed E-state index contributed by atoms with van der Waals surface area (Å²) in [6.07, 6.45) is 6.25. The fourth-order valence-electron chi connectivity index (χ4n) is 3.04. The maximum absolute atomic E-state index is 11.3. The van der Waals surface area contributed by atoms with Crippen molar-refractivity contribution in [1.29, 1.82) is 0 Å². The third-order valence-electron chi connectivity index (χ3n) is 4.98. The number of Topliss-reactive ketones (excluding diaryl/α,β-unsaturated/α-hetero) is 2. The fraction of sp³-hybridized carbons (Fsp3) is 0.0690. The van der Waals surface area contributed by atoms with Gasteiger partial charge in [0.25, 0.3) is 0 Å². The summed E-state index contributed by atoms with van der Waals surface area (Å²) in [6, 6.07) is 16.9. The molecular formula is C29H21N5O6RuS2+. The van der Waals surface area contributed by atoms with Gasteiger partial charge in [0, 0.05) is 23.4 Å². The zero-order valence-electron chi connectivity index (χ0n) is 22.4. The number of carboxylic acids is 2. The van der Waals surface area contributed by atoms with Gasteiger partial charge in [-0.25, -0.2) is 14.2 Å². The fourth-order valence-corrected chi connectivity index (χ4v) is 3.04. The van der Waals surface area contributed by atoms with Crippen LogP contribution in [0.25, 0.3) is 27.9 Å². The average Bonchev–Trinajstić information content (AvgIpc) is 2.98. The molecule has 217 valence electrons. The van der Waals surface area contributed by atoms with Crippen LogP contribution in [0.15, 0.2) is 79.4 Å². The third-order valence-corrected chi connectivity index (χ3v) is 4.98. The molecule has 0 spiro atoms. The van der Waals surface area contributed by atoms with E-state index in [1.807, 2.05) is 0 Å². The molecule has 43 heavy (non-hydrogen) atoms. The Balaban J connectivity index is 0.000000680. The molecule has 0 aliphatic heterocycles. The van der Waals surface area contributed by atoms with Gasteiger partial charge < -0.3 is 26.0 Å². The molecule has 14 heteroatoms. The van der Waals surface area contributed by atoms with Crippen LogP contribution in [0.5, 0.6) is 0 Å². The maximum Gasteiger partial charge on any atom is 3.00 e. The van der Waals surface area contributed by atoms with Crippen molar-refractivity contribution < 1.29 is 53.4 Å². The molecule has 0 atom stereocenters. The van der Waals surface area contributed by atoms with Crippen LogP contribution >= 0.6 is 24.4 Å². The van der Waals surface area contributed by atoms with Gasteiger partial charge in [-0.3, -0.25) is 9.59 Å². The standard InChI is InChI=1S/C14H10NO3.C13H10N2O3.2CNS.Ru/c1-9(16)10-5-6-15-13(8-10)11-3-2-4-12(7-11)14(17)18;1-9(16)11-2-5-14-12(8-11)15-6-3-10(4-7-15)13(17)18;2*2-1-3;/h2,4-8H,1H3,(H,17,18);2-8H,1H3;;;/q-1;;2*-1;+3/p+1. The van der Waals surface area contributed by atoms with Crippen LogP contribution in [0.2, 0.25) is 0 Å². The van der Waals surface area contributed by atoms with Crippen molar-refractivity contribution in [3.8, 4) is 17.1 Å². The summed E-state index contributed by atoms with van der Waals surface area (Å²) in [6.45, 7) is 2.95. The SMILES string of the molecule is CC(=O)c1ccnc(-[n+]2ccc(C(=O)O)cc2)c1.CC(=O)c1ccnc(-c2[c-]ccc(C(=O)O)c2)c1.[N-]=C=S.[N-]=C=S.[Ru+3]. The number of carbonyl (C=O) groups excluding carboxylic acids is 2. The minimum absolute atomic E-state index is 0. The first-order valence-electron chi connectivity index (χ1n) is 11.5. The van der Waals surface area contributed by atoms with Gasteiger partial charge in [0.15, 0.2) is 11.6 Å². The Bertz CT molecular complexity index is 1590. The molecule has 11 nitrogen and oxygen atoms in total. The largest absolute Gasteiger partial charge is 3.00 e. The van der Waals surface area contributed by atoms with E-state index in [1.54, 1.807) is 47.4 Å². The van der Waals surface area contributed by atoms with Crippen LogP contribution in [0.4, 0.5) is 0 Å². The van der Waals surface area contributed by atoms with Crippen LogP contribution in [-0.4, -0.2) is 54.0 Å². The zero-order chi connectivity index (χ0) is 31.7. The number of aromatic carboxylic acids is 2. The predicted octanol–water partition coefficient (Wildman–Crippen LogP) is 5.02. The Hall–Kier alpha value is -4.83. The Labute approximate surface area is 270 Å². The summed E-state index contributed by atoms with van der Waals surface area (Å²) in [4.78, 5) is 52.4. The molecule has 0 bridgehead atoms. The molecule has 0 aliphatic carbocycles. The normalized spacial score (nSPS) is 8.79. The van der Waals surface area contributed by atoms with E-state index in [9.17, 15) is 19.2 Å². The van der Waals surface area contributed by atoms with Crippen molar-refractivity contribution in [3.05, 3.63) is 119 Å². The zero-order valence-corrected chi connectivity index (χ0v) is 25.8. The quantitative estimate of drug-likeness (QED) is 0.0692. The number of hydrogen-bond donors (Lipinski definition) is 2. The second-order valence-corrected chi connectivity index (χ2v) is 8.09. The van der Waals surface area contributed by atoms with Gasteiger partial charge >= 0.3 is 37.2 Å². The number of carboxylic acid groups (broad SMARTS) is 2. The third kappa shape index (κ3) is 13.1. The number of nitrogens with zero attached hydrogens (tertiary/aromatic N) is 5. The van der Waals surface area contributed by atoms with E-state index >= 15 is 0 Å². The Morgan fingerprint density at radius 3 is 1.74 bits per heavy atom. The van der Waals surface area contributed by atoms with E-state index in [0.717, 1.165) is 0 Å². The molecule has 4 aromatic rings. The van der Waals surface area contributed by atoms with Gasteiger partial charge in [0.2, 0.25) is 0 Å². The van der Waals surface area contributed by atoms with E-state index < -0.39 is 11.9 Å². The van der Waals surface area contributed by atoms with Crippen molar-refractivity contribution in [2.45, 2.75) is 13.8 Å². The molecule has 4 rings (SSSR count). The molecule has 0 saturated carbocycles. The van der Waals surface area contributed by atoms with E-state index in [1.165, 1.54) is 60.7 Å². The van der Waals surface area contributed by atoms with Crippen LogP contribution in [-0.2, 0) is 19.5 Å². The van der Waals surface area contributed by atoms with E-state index in [2.05, 4.69) is 40.5 Å². The Kier molecular flexibility index (Phi) is 17.9. The first kappa shape index (κ1) is 38.2. The molecule has 0 aliphatic rings. The summed E-state index contributed by atoms with van der Waals surface area (Å²) in [5, 5.41) is 34.6. The van der Waals surface area contributed by atoms with Gasteiger partial charge in [-0.05, 0) is 54.4 Å². The smallest absolute Gasteiger partial charge is 0.753 e. The summed E-state index contributed by atoms with van der Waals surface area (Å²) in [5.41, 5.74) is 2.56. The minimum Gasteiger partial charge on any atom is -0.753 e. The van der Waals surface area contributed by atoms with E-state index in [4.69, 9.17) is 21.0 Å². The van der Waals surface area contributed by atoms with E-state index in [-0.39, 0.29) is 42.2 Å². The molecule has 0 amide bonds. The Morgan fingerprint density at radius 2 is 1.26 bits per heavy atom. The molecule has 2 N–H and O–H groups in total. The molecule has 0 fully saturated rings. The second-order valence-electron chi connectivity index (χ2n) is 7.72. The number of rotatable bonds is 6. The molecule has 3 aromatic heterocycles. The summed E-state index contributed by atoms with van der Waals surface area (Å²) in [7, 11) is 0. The van der Waals surface area contributed by atoms with Crippen LogP contribution in [0, 0.1) is 6.07 Å². The molecule has 0 unspecified atom stereocenters. The van der Waals surface area contributed by atoms with Crippen LogP contribution in [0.3, 0.4) is 0 Å². The van der Waals surface area contributed by atoms with Gasteiger partial charge in [-0.2, -0.15) is 10.3 Å². The number of benzene rings is 1.